The minimum Gasteiger partial charge on any atom is -0.495 e. The maximum Gasteiger partial charge on any atom is 0.268 e. The molecule has 3 rings (SSSR count). The monoisotopic (exact) mass is 348 g/mol. The van der Waals surface area contributed by atoms with Crippen molar-refractivity contribution in [2.75, 3.05) is 12.4 Å². The van der Waals surface area contributed by atoms with Crippen molar-refractivity contribution in [1.29, 1.82) is 0 Å². The molecule has 24 heavy (non-hydrogen) atoms. The molecule has 1 heterocycles. The van der Waals surface area contributed by atoms with Crippen molar-refractivity contribution in [3.8, 4) is 5.75 Å². The number of halogens is 2. The molecule has 1 unspecified atom stereocenters. The molecule has 0 fully saturated rings. The second-order valence-corrected chi connectivity index (χ2v) is 5.59. The number of oxime groups is 1. The van der Waals surface area contributed by atoms with Crippen molar-refractivity contribution < 1.29 is 18.8 Å². The molecule has 0 aromatic heterocycles. The number of methoxy groups -OCH3 is 1. The van der Waals surface area contributed by atoms with Crippen LogP contribution in [0.2, 0.25) is 5.02 Å². The number of amides is 1. The molecule has 1 N–H and O–H groups in total. The number of hydrogen-bond acceptors (Lipinski definition) is 4. The fourth-order valence-electron chi connectivity index (χ4n) is 2.30. The molecule has 1 atom stereocenters. The standard InChI is InChI=1S/C17H14ClFN2O3/c1-23-15-7-6-12(8-13(15)18)20-17(22)16-9-14(21-24-16)10-2-4-11(19)5-3-10/h2-8,16H,9H2,1H3,(H,20,22). The fraction of sp³-hybridized carbons (Fsp3) is 0.176. The first-order chi connectivity index (χ1) is 11.6. The molecule has 7 heteroatoms. The summed E-state index contributed by atoms with van der Waals surface area (Å²) in [6.45, 7) is 0. The number of hydrogen-bond donors (Lipinski definition) is 1. The van der Waals surface area contributed by atoms with Crippen LogP contribution in [0, 0.1) is 5.82 Å². The van der Waals surface area contributed by atoms with E-state index in [-0.39, 0.29) is 11.7 Å². The maximum absolute atomic E-state index is 13.0. The smallest absolute Gasteiger partial charge is 0.268 e. The molecule has 0 saturated carbocycles. The van der Waals surface area contributed by atoms with Crippen molar-refractivity contribution in [3.05, 3.63) is 58.9 Å². The molecule has 124 valence electrons. The lowest BCUT2D eigenvalue weighted by Crippen LogP contribution is -2.28. The first-order valence-electron chi connectivity index (χ1n) is 7.20. The highest BCUT2D eigenvalue weighted by Gasteiger charge is 2.29. The van der Waals surface area contributed by atoms with Crippen LogP contribution >= 0.6 is 11.6 Å². The molecule has 0 saturated heterocycles. The fourth-order valence-corrected chi connectivity index (χ4v) is 2.56. The van der Waals surface area contributed by atoms with Gasteiger partial charge in [-0.3, -0.25) is 4.79 Å². The Labute approximate surface area is 143 Å². The Bertz CT molecular complexity index is 793. The number of carbonyl (C=O) groups is 1. The molecule has 1 aliphatic rings. The van der Waals surface area contributed by atoms with Crippen LogP contribution < -0.4 is 10.1 Å². The zero-order chi connectivity index (χ0) is 17.1. The van der Waals surface area contributed by atoms with Gasteiger partial charge in [0.25, 0.3) is 5.91 Å². The molecule has 0 spiro atoms. The second kappa shape index (κ2) is 6.88. The van der Waals surface area contributed by atoms with Gasteiger partial charge in [-0.05, 0) is 35.9 Å². The molecule has 0 bridgehead atoms. The summed E-state index contributed by atoms with van der Waals surface area (Å²) < 4.78 is 18.0. The van der Waals surface area contributed by atoms with Crippen molar-refractivity contribution >= 4 is 28.9 Å². The van der Waals surface area contributed by atoms with E-state index in [0.29, 0.717) is 28.6 Å². The van der Waals surface area contributed by atoms with Crippen LogP contribution in [-0.4, -0.2) is 24.8 Å². The zero-order valence-corrected chi connectivity index (χ0v) is 13.5. The number of nitrogens with one attached hydrogen (secondary N) is 1. The number of nitrogens with zero attached hydrogens (tertiary/aromatic N) is 1. The SMILES string of the molecule is COc1ccc(NC(=O)C2CC(c3ccc(F)cc3)=NO2)cc1Cl. The third kappa shape index (κ3) is 3.49. The van der Waals surface area contributed by atoms with Crippen LogP contribution in [0.4, 0.5) is 10.1 Å². The van der Waals surface area contributed by atoms with Gasteiger partial charge in [-0.2, -0.15) is 0 Å². The van der Waals surface area contributed by atoms with E-state index in [1.165, 1.54) is 19.2 Å². The van der Waals surface area contributed by atoms with Gasteiger partial charge < -0.3 is 14.9 Å². The average molecular weight is 349 g/mol. The van der Waals surface area contributed by atoms with E-state index in [9.17, 15) is 9.18 Å². The van der Waals surface area contributed by atoms with E-state index in [1.54, 1.807) is 30.3 Å². The number of benzene rings is 2. The first kappa shape index (κ1) is 16.3. The molecule has 0 radical (unpaired) electrons. The van der Waals surface area contributed by atoms with Gasteiger partial charge in [0.2, 0.25) is 6.10 Å². The average Bonchev–Trinajstić information content (AvgIpc) is 3.06. The van der Waals surface area contributed by atoms with Gasteiger partial charge >= 0.3 is 0 Å². The van der Waals surface area contributed by atoms with E-state index < -0.39 is 6.10 Å². The van der Waals surface area contributed by atoms with Gasteiger partial charge in [-0.1, -0.05) is 28.9 Å². The van der Waals surface area contributed by atoms with Gasteiger partial charge in [-0.15, -0.1) is 0 Å². The Morgan fingerprint density at radius 3 is 2.75 bits per heavy atom. The third-order valence-corrected chi connectivity index (χ3v) is 3.85. The Morgan fingerprint density at radius 2 is 2.08 bits per heavy atom. The number of rotatable bonds is 4. The highest BCUT2D eigenvalue weighted by atomic mass is 35.5. The Balaban J connectivity index is 1.63. The van der Waals surface area contributed by atoms with Crippen LogP contribution in [0.15, 0.2) is 47.6 Å². The molecule has 2 aromatic rings. The molecule has 2 aromatic carbocycles. The minimum absolute atomic E-state index is 0.307. The quantitative estimate of drug-likeness (QED) is 0.918. The molecule has 1 amide bonds. The summed E-state index contributed by atoms with van der Waals surface area (Å²) >= 11 is 6.03. The highest BCUT2D eigenvalue weighted by molar-refractivity contribution is 6.32. The highest BCUT2D eigenvalue weighted by Crippen LogP contribution is 2.27. The van der Waals surface area contributed by atoms with E-state index in [0.717, 1.165) is 5.56 Å². The molecule has 1 aliphatic heterocycles. The van der Waals surface area contributed by atoms with Crippen LogP contribution in [0.3, 0.4) is 0 Å². The number of anilines is 1. The van der Waals surface area contributed by atoms with Crippen LogP contribution in [0.5, 0.6) is 5.75 Å². The summed E-state index contributed by atoms with van der Waals surface area (Å²) in [5.74, 6) is -0.144. The predicted octanol–water partition coefficient (Wildman–Crippen LogP) is 3.62. The first-order valence-corrected chi connectivity index (χ1v) is 7.57. The molecule has 0 aliphatic carbocycles. The van der Waals surface area contributed by atoms with E-state index >= 15 is 0 Å². The summed E-state index contributed by atoms with van der Waals surface area (Å²) in [4.78, 5) is 17.5. The van der Waals surface area contributed by atoms with Crippen molar-refractivity contribution in [2.24, 2.45) is 5.16 Å². The van der Waals surface area contributed by atoms with Crippen molar-refractivity contribution in [2.45, 2.75) is 12.5 Å². The van der Waals surface area contributed by atoms with Gasteiger partial charge in [0, 0.05) is 12.1 Å². The van der Waals surface area contributed by atoms with Crippen LogP contribution in [0.25, 0.3) is 0 Å². The van der Waals surface area contributed by atoms with Crippen LogP contribution in [0.1, 0.15) is 12.0 Å². The van der Waals surface area contributed by atoms with Crippen molar-refractivity contribution in [1.82, 2.24) is 0 Å². The third-order valence-electron chi connectivity index (χ3n) is 3.56. The topological polar surface area (TPSA) is 59.9 Å². The maximum atomic E-state index is 13.0. The summed E-state index contributed by atoms with van der Waals surface area (Å²) in [5.41, 5.74) is 1.85. The molecular formula is C17H14ClFN2O3. The molecular weight excluding hydrogens is 335 g/mol. The summed E-state index contributed by atoms with van der Waals surface area (Å²) in [6.07, 6.45) is -0.438. The minimum atomic E-state index is -0.745. The number of ether oxygens (including phenoxy) is 1. The lowest BCUT2D eigenvalue weighted by Gasteiger charge is -2.11. The summed E-state index contributed by atoms with van der Waals surface area (Å²) in [5, 5.41) is 7.03. The Hall–Kier alpha value is -2.60. The van der Waals surface area contributed by atoms with E-state index in [2.05, 4.69) is 10.5 Å². The zero-order valence-electron chi connectivity index (χ0n) is 12.8. The van der Waals surface area contributed by atoms with Gasteiger partial charge in [0.1, 0.15) is 11.6 Å². The largest absolute Gasteiger partial charge is 0.495 e. The summed E-state index contributed by atoms with van der Waals surface area (Å²) in [7, 11) is 1.51. The van der Waals surface area contributed by atoms with Gasteiger partial charge in [0.15, 0.2) is 0 Å². The van der Waals surface area contributed by atoms with Crippen molar-refractivity contribution in [3.63, 3.8) is 0 Å². The lowest BCUT2D eigenvalue weighted by molar-refractivity contribution is -0.125. The van der Waals surface area contributed by atoms with Crippen LogP contribution in [-0.2, 0) is 9.63 Å². The van der Waals surface area contributed by atoms with E-state index in [4.69, 9.17) is 21.2 Å². The second-order valence-electron chi connectivity index (χ2n) is 5.18. The van der Waals surface area contributed by atoms with E-state index in [1.807, 2.05) is 0 Å². The Morgan fingerprint density at radius 1 is 1.33 bits per heavy atom. The summed E-state index contributed by atoms with van der Waals surface area (Å²) in [6, 6.07) is 10.8. The lowest BCUT2D eigenvalue weighted by atomic mass is 10.0. The predicted molar refractivity (Wildman–Crippen MR) is 89.1 cm³/mol. The van der Waals surface area contributed by atoms with Gasteiger partial charge in [-0.25, -0.2) is 4.39 Å². The molecule has 5 nitrogen and oxygen atoms in total. The normalized spacial score (nSPS) is 16.3. The van der Waals surface area contributed by atoms with Gasteiger partial charge in [0.05, 0.1) is 17.8 Å². The number of carbonyl (C=O) groups excluding carboxylic acids is 1. The Kier molecular flexibility index (Phi) is 4.66.